The van der Waals surface area contributed by atoms with Gasteiger partial charge in [-0.2, -0.15) is 0 Å². The Morgan fingerprint density at radius 2 is 1.38 bits per heavy atom. The lowest BCUT2D eigenvalue weighted by Crippen LogP contribution is -2.30. The van der Waals surface area contributed by atoms with Crippen molar-refractivity contribution >= 4 is 11.6 Å². The second-order valence-electron chi connectivity index (χ2n) is 7.38. The van der Waals surface area contributed by atoms with Gasteiger partial charge in [0.05, 0.1) is 11.7 Å². The summed E-state index contributed by atoms with van der Waals surface area (Å²) in [6.07, 6.45) is 17.0. The molecule has 0 atom stereocenters. The topological polar surface area (TPSA) is 74.6 Å². The number of hydrogen-bond acceptors (Lipinski definition) is 4. The second kappa shape index (κ2) is 13.7. The minimum absolute atomic E-state index is 0.0759. The maximum absolute atomic E-state index is 11.8. The third kappa shape index (κ3) is 9.33. The lowest BCUT2D eigenvalue weighted by atomic mass is 9.89. The van der Waals surface area contributed by atoms with Crippen molar-refractivity contribution in [2.75, 3.05) is 0 Å². The minimum atomic E-state index is -0.904. The van der Waals surface area contributed by atoms with Crippen molar-refractivity contribution in [1.29, 1.82) is 0 Å². The maximum Gasteiger partial charge on any atom is 0.172 e. The first-order valence-corrected chi connectivity index (χ1v) is 10.4. The zero-order valence-corrected chi connectivity index (χ0v) is 16.3. The number of aliphatic hydroxyl groups excluding tert-OH is 2. The standard InChI is InChI=1S/C22H36O4/c1-2-3-4-5-6-7-8-9-10-11-12-13-14-15-19(24)22-20(25)16-18(23)17-21(22)26/h13-14,18,23-24H,2-12,15-17H2,1H3/b14-13+,22-19?. The summed E-state index contributed by atoms with van der Waals surface area (Å²) in [4.78, 5) is 23.5. The lowest BCUT2D eigenvalue weighted by Gasteiger charge is -2.17. The van der Waals surface area contributed by atoms with Gasteiger partial charge in [0.25, 0.3) is 0 Å². The van der Waals surface area contributed by atoms with Crippen LogP contribution in [0.5, 0.6) is 0 Å². The average Bonchev–Trinajstić information content (AvgIpc) is 2.58. The fourth-order valence-corrected chi connectivity index (χ4v) is 3.35. The van der Waals surface area contributed by atoms with Crippen LogP contribution in [-0.4, -0.2) is 27.9 Å². The first-order valence-electron chi connectivity index (χ1n) is 10.4. The molecule has 0 saturated heterocycles. The first kappa shape index (κ1) is 22.6. The fourth-order valence-electron chi connectivity index (χ4n) is 3.35. The molecule has 0 amide bonds. The van der Waals surface area contributed by atoms with Gasteiger partial charge < -0.3 is 10.2 Å². The molecule has 148 valence electrons. The van der Waals surface area contributed by atoms with Gasteiger partial charge in [-0.1, -0.05) is 76.9 Å². The van der Waals surface area contributed by atoms with Gasteiger partial charge in [0, 0.05) is 19.3 Å². The SMILES string of the molecule is CCCCCCCCCCCC/C=C/CC(O)=C1C(=O)CC(O)CC1=O. The number of Topliss-reactive ketones (excluding diaryl/α,β-unsaturated/α-hetero) is 2. The van der Waals surface area contributed by atoms with Crippen LogP contribution in [0.1, 0.15) is 96.8 Å². The average molecular weight is 365 g/mol. The van der Waals surface area contributed by atoms with Crippen LogP contribution in [-0.2, 0) is 9.59 Å². The van der Waals surface area contributed by atoms with Crippen molar-refractivity contribution in [1.82, 2.24) is 0 Å². The lowest BCUT2D eigenvalue weighted by molar-refractivity contribution is -0.127. The third-order valence-electron chi connectivity index (χ3n) is 4.89. The predicted octanol–water partition coefficient (Wildman–Crippen LogP) is 5.35. The smallest absolute Gasteiger partial charge is 0.172 e. The number of hydrogen-bond donors (Lipinski definition) is 2. The van der Waals surface area contributed by atoms with E-state index in [9.17, 15) is 19.8 Å². The Morgan fingerprint density at radius 1 is 0.885 bits per heavy atom. The van der Waals surface area contributed by atoms with Crippen LogP contribution in [0.15, 0.2) is 23.5 Å². The monoisotopic (exact) mass is 364 g/mol. The summed E-state index contributed by atoms with van der Waals surface area (Å²) in [6, 6.07) is 0. The van der Waals surface area contributed by atoms with Crippen molar-refractivity contribution < 1.29 is 19.8 Å². The van der Waals surface area contributed by atoms with Crippen molar-refractivity contribution in [3.05, 3.63) is 23.5 Å². The third-order valence-corrected chi connectivity index (χ3v) is 4.89. The predicted molar refractivity (Wildman–Crippen MR) is 105 cm³/mol. The molecule has 0 aromatic heterocycles. The van der Waals surface area contributed by atoms with E-state index in [-0.39, 0.29) is 30.6 Å². The molecule has 0 spiro atoms. The highest BCUT2D eigenvalue weighted by atomic mass is 16.3. The molecule has 0 radical (unpaired) electrons. The zero-order chi connectivity index (χ0) is 19.2. The van der Waals surface area contributed by atoms with E-state index in [0.717, 1.165) is 12.8 Å². The largest absolute Gasteiger partial charge is 0.511 e. The highest BCUT2D eigenvalue weighted by molar-refractivity contribution is 6.22. The van der Waals surface area contributed by atoms with Gasteiger partial charge in [-0.3, -0.25) is 9.59 Å². The van der Waals surface area contributed by atoms with Gasteiger partial charge in [-0.25, -0.2) is 0 Å². The van der Waals surface area contributed by atoms with Crippen LogP contribution in [0.3, 0.4) is 0 Å². The molecule has 0 bridgehead atoms. The Balaban J connectivity index is 2.09. The van der Waals surface area contributed by atoms with Crippen LogP contribution in [0.4, 0.5) is 0 Å². The highest BCUT2D eigenvalue weighted by Crippen LogP contribution is 2.21. The van der Waals surface area contributed by atoms with Crippen LogP contribution in [0, 0.1) is 0 Å². The quantitative estimate of drug-likeness (QED) is 0.152. The summed E-state index contributed by atoms with van der Waals surface area (Å²) in [7, 11) is 0. The number of allylic oxidation sites excluding steroid dienone is 3. The summed E-state index contributed by atoms with van der Waals surface area (Å²) in [5.74, 6) is -1.06. The summed E-state index contributed by atoms with van der Waals surface area (Å²) in [5.41, 5.74) is -0.112. The molecule has 2 N–H and O–H groups in total. The Labute approximate surface area is 158 Å². The van der Waals surface area contributed by atoms with Crippen molar-refractivity contribution in [2.24, 2.45) is 0 Å². The van der Waals surface area contributed by atoms with Gasteiger partial charge in [0.15, 0.2) is 11.6 Å². The first-order chi connectivity index (χ1) is 12.6. The van der Waals surface area contributed by atoms with E-state index in [2.05, 4.69) is 6.92 Å². The summed E-state index contributed by atoms with van der Waals surface area (Å²) in [6.45, 7) is 2.24. The van der Waals surface area contributed by atoms with Crippen LogP contribution < -0.4 is 0 Å². The number of ketones is 2. The molecule has 0 aliphatic heterocycles. The fraction of sp³-hybridized carbons (Fsp3) is 0.727. The second-order valence-corrected chi connectivity index (χ2v) is 7.38. The number of carbonyl (C=O) groups excluding carboxylic acids is 2. The van der Waals surface area contributed by atoms with E-state index in [4.69, 9.17) is 0 Å². The molecule has 0 heterocycles. The van der Waals surface area contributed by atoms with E-state index in [1.807, 2.05) is 12.2 Å². The molecule has 4 nitrogen and oxygen atoms in total. The van der Waals surface area contributed by atoms with E-state index in [0.29, 0.717) is 0 Å². The van der Waals surface area contributed by atoms with E-state index < -0.39 is 17.7 Å². The van der Waals surface area contributed by atoms with Crippen molar-refractivity contribution in [3.8, 4) is 0 Å². The molecule has 0 aromatic carbocycles. The molecular weight excluding hydrogens is 328 g/mol. The molecule has 0 aromatic rings. The Morgan fingerprint density at radius 3 is 1.92 bits per heavy atom. The van der Waals surface area contributed by atoms with Gasteiger partial charge >= 0.3 is 0 Å². The Kier molecular flexibility index (Phi) is 12.0. The number of unbranched alkanes of at least 4 members (excludes halogenated alkanes) is 10. The zero-order valence-electron chi connectivity index (χ0n) is 16.3. The van der Waals surface area contributed by atoms with Crippen LogP contribution >= 0.6 is 0 Å². The molecule has 0 unspecified atom stereocenters. The normalized spacial score (nSPS) is 18.1. The highest BCUT2D eigenvalue weighted by Gasteiger charge is 2.31. The van der Waals surface area contributed by atoms with E-state index in [1.165, 1.54) is 57.8 Å². The van der Waals surface area contributed by atoms with Gasteiger partial charge in [0.2, 0.25) is 0 Å². The van der Waals surface area contributed by atoms with E-state index >= 15 is 0 Å². The minimum Gasteiger partial charge on any atom is -0.511 e. The molecular formula is C22H36O4. The number of carbonyl (C=O) groups is 2. The maximum atomic E-state index is 11.8. The van der Waals surface area contributed by atoms with E-state index in [1.54, 1.807) is 0 Å². The molecule has 1 aliphatic carbocycles. The summed E-state index contributed by atoms with van der Waals surface area (Å²) in [5, 5.41) is 19.4. The molecule has 1 fully saturated rings. The number of rotatable bonds is 13. The van der Waals surface area contributed by atoms with Crippen molar-refractivity contribution in [3.63, 3.8) is 0 Å². The molecule has 1 saturated carbocycles. The summed E-state index contributed by atoms with van der Waals surface area (Å²) < 4.78 is 0. The Bertz CT molecular complexity index is 470. The van der Waals surface area contributed by atoms with Gasteiger partial charge in [-0.15, -0.1) is 0 Å². The number of aliphatic hydroxyl groups is 2. The Hall–Kier alpha value is -1.42. The van der Waals surface area contributed by atoms with Gasteiger partial charge in [-0.05, 0) is 12.8 Å². The van der Waals surface area contributed by atoms with Crippen LogP contribution in [0.25, 0.3) is 0 Å². The van der Waals surface area contributed by atoms with Gasteiger partial charge in [0.1, 0.15) is 5.76 Å². The molecule has 4 heteroatoms. The molecule has 26 heavy (non-hydrogen) atoms. The van der Waals surface area contributed by atoms with Crippen LogP contribution in [0.2, 0.25) is 0 Å². The molecule has 1 rings (SSSR count). The molecule has 1 aliphatic rings. The van der Waals surface area contributed by atoms with Crippen molar-refractivity contribution in [2.45, 2.75) is 103 Å². The summed E-state index contributed by atoms with van der Waals surface area (Å²) >= 11 is 0.